The molecule has 0 saturated carbocycles. The van der Waals surface area contributed by atoms with Crippen molar-refractivity contribution in [2.75, 3.05) is 41.0 Å². The number of carbonyl (C=O) groups is 1. The smallest absolute Gasteiger partial charge is 0.234 e. The molecule has 8 nitrogen and oxygen atoms in total. The van der Waals surface area contributed by atoms with Gasteiger partial charge in [-0.25, -0.2) is 9.97 Å². The number of nitrogens with zero attached hydrogens (tertiary/aromatic N) is 2. The van der Waals surface area contributed by atoms with E-state index in [4.69, 9.17) is 14.2 Å². The fourth-order valence-corrected chi connectivity index (χ4v) is 1.54. The molecule has 1 amide bonds. The quantitative estimate of drug-likeness (QED) is 0.582. The molecule has 0 saturated heterocycles. The van der Waals surface area contributed by atoms with E-state index in [0.29, 0.717) is 37.0 Å². The SMILES string of the molecule is COCCNC(=O)CNCc1c(OC)ncnc1OC. The maximum Gasteiger partial charge on any atom is 0.234 e. The van der Waals surface area contributed by atoms with E-state index in [1.165, 1.54) is 20.5 Å². The maximum absolute atomic E-state index is 11.5. The molecular formula is C12H20N4O4. The second-order valence-corrected chi connectivity index (χ2v) is 3.82. The van der Waals surface area contributed by atoms with Crippen LogP contribution in [0.3, 0.4) is 0 Å². The average molecular weight is 284 g/mol. The maximum atomic E-state index is 11.5. The number of rotatable bonds is 9. The van der Waals surface area contributed by atoms with Gasteiger partial charge in [0.1, 0.15) is 6.33 Å². The third-order valence-corrected chi connectivity index (χ3v) is 2.47. The second kappa shape index (κ2) is 9.05. The molecule has 0 aliphatic carbocycles. The minimum absolute atomic E-state index is 0.114. The molecule has 8 heteroatoms. The van der Waals surface area contributed by atoms with Crippen molar-refractivity contribution in [3.05, 3.63) is 11.9 Å². The van der Waals surface area contributed by atoms with Crippen molar-refractivity contribution < 1.29 is 19.0 Å². The number of ether oxygens (including phenoxy) is 3. The lowest BCUT2D eigenvalue weighted by atomic mass is 10.3. The van der Waals surface area contributed by atoms with E-state index < -0.39 is 0 Å². The van der Waals surface area contributed by atoms with Gasteiger partial charge >= 0.3 is 0 Å². The number of aromatic nitrogens is 2. The highest BCUT2D eigenvalue weighted by atomic mass is 16.5. The Bertz CT molecular complexity index is 406. The van der Waals surface area contributed by atoms with E-state index in [2.05, 4.69) is 20.6 Å². The highest BCUT2D eigenvalue weighted by Crippen LogP contribution is 2.22. The van der Waals surface area contributed by atoms with Crippen LogP contribution in [0.25, 0.3) is 0 Å². The Kier molecular flexibility index (Phi) is 7.30. The molecule has 0 aromatic carbocycles. The summed E-state index contributed by atoms with van der Waals surface area (Å²) in [5.41, 5.74) is 0.669. The Morgan fingerprint density at radius 1 is 1.20 bits per heavy atom. The topological polar surface area (TPSA) is 94.6 Å². The minimum Gasteiger partial charge on any atom is -0.481 e. The molecule has 20 heavy (non-hydrogen) atoms. The molecule has 0 unspecified atom stereocenters. The number of carbonyl (C=O) groups excluding carboxylic acids is 1. The summed E-state index contributed by atoms with van der Waals surface area (Å²) in [6.45, 7) is 1.51. The van der Waals surface area contributed by atoms with Crippen LogP contribution in [0.2, 0.25) is 0 Å². The first-order valence-electron chi connectivity index (χ1n) is 6.11. The van der Waals surface area contributed by atoms with Crippen molar-refractivity contribution in [3.63, 3.8) is 0 Å². The first-order valence-corrected chi connectivity index (χ1v) is 6.11. The molecule has 0 bridgehead atoms. The summed E-state index contributed by atoms with van der Waals surface area (Å²) in [7, 11) is 4.61. The van der Waals surface area contributed by atoms with Gasteiger partial charge in [0.15, 0.2) is 0 Å². The van der Waals surface area contributed by atoms with Crippen LogP contribution in [0.5, 0.6) is 11.8 Å². The van der Waals surface area contributed by atoms with Gasteiger partial charge in [-0.05, 0) is 0 Å². The van der Waals surface area contributed by atoms with Crippen molar-refractivity contribution in [3.8, 4) is 11.8 Å². The summed E-state index contributed by atoms with van der Waals surface area (Å²) in [4.78, 5) is 19.5. The highest BCUT2D eigenvalue weighted by molar-refractivity contribution is 5.77. The zero-order chi connectivity index (χ0) is 14.8. The molecule has 1 rings (SSSR count). The number of amides is 1. The molecule has 1 aromatic heterocycles. The van der Waals surface area contributed by atoms with Gasteiger partial charge in [0.2, 0.25) is 17.7 Å². The molecule has 1 heterocycles. The molecule has 0 fully saturated rings. The molecule has 2 N–H and O–H groups in total. The standard InChI is InChI=1S/C12H20N4O4/c1-18-5-4-14-10(17)7-13-6-9-11(19-2)15-8-16-12(9)20-3/h8,13H,4-7H2,1-3H3,(H,14,17). The first-order chi connectivity index (χ1) is 9.72. The normalized spacial score (nSPS) is 10.2. The van der Waals surface area contributed by atoms with Crippen LogP contribution in [-0.2, 0) is 16.1 Å². The van der Waals surface area contributed by atoms with Crippen LogP contribution < -0.4 is 20.1 Å². The van der Waals surface area contributed by atoms with Crippen LogP contribution in [0, 0.1) is 0 Å². The van der Waals surface area contributed by atoms with Crippen LogP contribution in [0.15, 0.2) is 6.33 Å². The summed E-state index contributed by atoms with van der Waals surface area (Å²) in [5, 5.41) is 5.69. The zero-order valence-corrected chi connectivity index (χ0v) is 11.9. The molecule has 0 aliphatic rings. The Balaban J connectivity index is 2.47. The van der Waals surface area contributed by atoms with E-state index in [1.54, 1.807) is 7.11 Å². The Labute approximate surface area is 117 Å². The largest absolute Gasteiger partial charge is 0.481 e. The van der Waals surface area contributed by atoms with Crippen LogP contribution >= 0.6 is 0 Å². The van der Waals surface area contributed by atoms with Crippen molar-refractivity contribution in [2.24, 2.45) is 0 Å². The Hall–Kier alpha value is -1.93. The monoisotopic (exact) mass is 284 g/mol. The van der Waals surface area contributed by atoms with E-state index >= 15 is 0 Å². The first kappa shape index (κ1) is 16.1. The van der Waals surface area contributed by atoms with E-state index in [-0.39, 0.29) is 12.5 Å². The summed E-state index contributed by atoms with van der Waals surface area (Å²) in [6, 6.07) is 0. The number of hydrogen-bond donors (Lipinski definition) is 2. The predicted molar refractivity (Wildman–Crippen MR) is 71.7 cm³/mol. The predicted octanol–water partition coefficient (Wildman–Crippen LogP) is -0.654. The van der Waals surface area contributed by atoms with Crippen molar-refractivity contribution >= 4 is 5.91 Å². The summed E-state index contributed by atoms with van der Waals surface area (Å²) in [5.74, 6) is 0.727. The third-order valence-electron chi connectivity index (χ3n) is 2.47. The van der Waals surface area contributed by atoms with E-state index in [0.717, 1.165) is 0 Å². The third kappa shape index (κ3) is 4.98. The summed E-state index contributed by atoms with van der Waals surface area (Å²) < 4.78 is 15.1. The van der Waals surface area contributed by atoms with Crippen molar-refractivity contribution in [2.45, 2.75) is 6.54 Å². The molecule has 0 spiro atoms. The fourth-order valence-electron chi connectivity index (χ4n) is 1.54. The van der Waals surface area contributed by atoms with E-state index in [1.807, 2.05) is 0 Å². The van der Waals surface area contributed by atoms with Crippen molar-refractivity contribution in [1.82, 2.24) is 20.6 Å². The lowest BCUT2D eigenvalue weighted by Gasteiger charge is -2.11. The van der Waals surface area contributed by atoms with Gasteiger partial charge in [0.25, 0.3) is 0 Å². The van der Waals surface area contributed by atoms with Gasteiger partial charge in [0.05, 0.1) is 32.9 Å². The fraction of sp³-hybridized carbons (Fsp3) is 0.583. The van der Waals surface area contributed by atoms with Gasteiger partial charge in [-0.3, -0.25) is 4.79 Å². The molecule has 112 valence electrons. The summed E-state index contributed by atoms with van der Waals surface area (Å²) >= 11 is 0. The van der Waals surface area contributed by atoms with Gasteiger partial charge in [-0.15, -0.1) is 0 Å². The Morgan fingerprint density at radius 3 is 2.40 bits per heavy atom. The van der Waals surface area contributed by atoms with Crippen molar-refractivity contribution in [1.29, 1.82) is 0 Å². The zero-order valence-electron chi connectivity index (χ0n) is 11.9. The number of methoxy groups -OCH3 is 3. The molecule has 0 aliphatic heterocycles. The molecular weight excluding hydrogens is 264 g/mol. The number of nitrogens with one attached hydrogen (secondary N) is 2. The van der Waals surface area contributed by atoms with Gasteiger partial charge in [0, 0.05) is 20.2 Å². The molecule has 0 radical (unpaired) electrons. The minimum atomic E-state index is -0.114. The lowest BCUT2D eigenvalue weighted by molar-refractivity contribution is -0.120. The van der Waals surface area contributed by atoms with Crippen LogP contribution in [0.1, 0.15) is 5.56 Å². The van der Waals surface area contributed by atoms with Gasteiger partial charge in [-0.2, -0.15) is 0 Å². The average Bonchev–Trinajstić information content (AvgIpc) is 2.47. The second-order valence-electron chi connectivity index (χ2n) is 3.82. The number of hydrogen-bond acceptors (Lipinski definition) is 7. The van der Waals surface area contributed by atoms with Gasteiger partial charge < -0.3 is 24.8 Å². The van der Waals surface area contributed by atoms with Gasteiger partial charge in [-0.1, -0.05) is 0 Å². The molecule has 1 aromatic rings. The highest BCUT2D eigenvalue weighted by Gasteiger charge is 2.12. The molecule has 0 atom stereocenters. The Morgan fingerprint density at radius 2 is 1.85 bits per heavy atom. The van der Waals surface area contributed by atoms with Crippen LogP contribution in [0.4, 0.5) is 0 Å². The summed E-state index contributed by atoms with van der Waals surface area (Å²) in [6.07, 6.45) is 1.36. The van der Waals surface area contributed by atoms with Crippen LogP contribution in [-0.4, -0.2) is 56.9 Å². The van der Waals surface area contributed by atoms with E-state index in [9.17, 15) is 4.79 Å². The lowest BCUT2D eigenvalue weighted by Crippen LogP contribution is -2.35.